The van der Waals surface area contributed by atoms with Gasteiger partial charge in [0.1, 0.15) is 0 Å². The summed E-state index contributed by atoms with van der Waals surface area (Å²) in [6.45, 7) is 5.00. The summed E-state index contributed by atoms with van der Waals surface area (Å²) in [4.78, 5) is 11.8. The summed E-state index contributed by atoms with van der Waals surface area (Å²) in [5.41, 5.74) is 2.28. The van der Waals surface area contributed by atoms with Crippen LogP contribution in [0, 0.1) is 12.8 Å². The molecule has 1 rings (SSSR count). The standard InChI is InChI=1S/C15H22BrNO/c1-3-13(7-8-16)11-17-15(18)10-14-6-4-5-12(2)9-14/h4-6,9,13H,3,7-8,10-11H2,1-2H3,(H,17,18). The first kappa shape index (κ1) is 15.2. The molecular weight excluding hydrogens is 290 g/mol. The van der Waals surface area contributed by atoms with Crippen molar-refractivity contribution in [3.8, 4) is 0 Å². The summed E-state index contributed by atoms with van der Waals surface area (Å²) in [6, 6.07) is 8.11. The summed E-state index contributed by atoms with van der Waals surface area (Å²) in [6.07, 6.45) is 2.70. The van der Waals surface area contributed by atoms with Crippen molar-refractivity contribution in [2.24, 2.45) is 5.92 Å². The first-order valence-corrected chi connectivity index (χ1v) is 7.66. The third-order valence-electron chi connectivity index (χ3n) is 3.13. The van der Waals surface area contributed by atoms with E-state index in [2.05, 4.69) is 34.2 Å². The highest BCUT2D eigenvalue weighted by Gasteiger charge is 2.08. The number of carbonyl (C=O) groups excluding carboxylic acids is 1. The molecule has 1 atom stereocenters. The van der Waals surface area contributed by atoms with Crippen LogP contribution in [0.3, 0.4) is 0 Å². The van der Waals surface area contributed by atoms with E-state index in [1.54, 1.807) is 0 Å². The number of benzene rings is 1. The zero-order chi connectivity index (χ0) is 13.4. The number of aryl methyl sites for hydroxylation is 1. The third kappa shape index (κ3) is 5.67. The molecule has 0 heterocycles. The van der Waals surface area contributed by atoms with Gasteiger partial charge in [-0.05, 0) is 24.8 Å². The van der Waals surface area contributed by atoms with Crippen molar-refractivity contribution in [3.63, 3.8) is 0 Å². The molecule has 3 heteroatoms. The fourth-order valence-corrected chi connectivity index (χ4v) is 2.58. The average molecular weight is 312 g/mol. The zero-order valence-corrected chi connectivity index (χ0v) is 12.8. The number of hydrogen-bond acceptors (Lipinski definition) is 1. The van der Waals surface area contributed by atoms with Gasteiger partial charge in [0.25, 0.3) is 0 Å². The molecule has 0 bridgehead atoms. The van der Waals surface area contributed by atoms with E-state index in [4.69, 9.17) is 0 Å². The van der Waals surface area contributed by atoms with Crippen LogP contribution in [0.1, 0.15) is 30.9 Å². The molecule has 0 saturated carbocycles. The molecular formula is C15H22BrNO. The lowest BCUT2D eigenvalue weighted by atomic mass is 10.0. The van der Waals surface area contributed by atoms with Crippen molar-refractivity contribution < 1.29 is 4.79 Å². The van der Waals surface area contributed by atoms with Crippen LogP contribution in [-0.2, 0) is 11.2 Å². The fraction of sp³-hybridized carbons (Fsp3) is 0.533. The van der Waals surface area contributed by atoms with E-state index in [9.17, 15) is 4.79 Å². The lowest BCUT2D eigenvalue weighted by Crippen LogP contribution is -2.30. The van der Waals surface area contributed by atoms with Crippen LogP contribution in [0.15, 0.2) is 24.3 Å². The van der Waals surface area contributed by atoms with Crippen LogP contribution in [0.5, 0.6) is 0 Å². The number of alkyl halides is 1. The van der Waals surface area contributed by atoms with Crippen LogP contribution in [0.4, 0.5) is 0 Å². The van der Waals surface area contributed by atoms with Crippen LogP contribution in [-0.4, -0.2) is 17.8 Å². The Kier molecular flexibility index (Phi) is 7.02. The molecule has 0 radical (unpaired) electrons. The second kappa shape index (κ2) is 8.30. The van der Waals surface area contributed by atoms with Crippen molar-refractivity contribution in [1.29, 1.82) is 0 Å². The van der Waals surface area contributed by atoms with Crippen molar-refractivity contribution in [3.05, 3.63) is 35.4 Å². The highest BCUT2D eigenvalue weighted by Crippen LogP contribution is 2.09. The topological polar surface area (TPSA) is 29.1 Å². The Morgan fingerprint density at radius 1 is 1.44 bits per heavy atom. The molecule has 18 heavy (non-hydrogen) atoms. The van der Waals surface area contributed by atoms with Gasteiger partial charge in [-0.15, -0.1) is 0 Å². The van der Waals surface area contributed by atoms with Crippen molar-refractivity contribution in [2.45, 2.75) is 33.1 Å². The molecule has 100 valence electrons. The molecule has 1 N–H and O–H groups in total. The maximum Gasteiger partial charge on any atom is 0.224 e. The molecule has 0 spiro atoms. The van der Waals surface area contributed by atoms with Gasteiger partial charge in [-0.1, -0.05) is 59.1 Å². The monoisotopic (exact) mass is 311 g/mol. The third-order valence-corrected chi connectivity index (χ3v) is 3.59. The van der Waals surface area contributed by atoms with Gasteiger partial charge < -0.3 is 5.32 Å². The smallest absolute Gasteiger partial charge is 0.224 e. The minimum absolute atomic E-state index is 0.119. The first-order valence-electron chi connectivity index (χ1n) is 6.54. The molecule has 0 aromatic heterocycles. The number of halogens is 1. The molecule has 0 aliphatic carbocycles. The predicted octanol–water partition coefficient (Wildman–Crippen LogP) is 3.46. The normalized spacial score (nSPS) is 12.2. The van der Waals surface area contributed by atoms with Gasteiger partial charge in [0.05, 0.1) is 6.42 Å². The highest BCUT2D eigenvalue weighted by molar-refractivity contribution is 9.09. The maximum absolute atomic E-state index is 11.8. The van der Waals surface area contributed by atoms with E-state index in [1.165, 1.54) is 5.56 Å². The Bertz CT molecular complexity index is 379. The van der Waals surface area contributed by atoms with E-state index in [-0.39, 0.29) is 5.91 Å². The molecule has 0 saturated heterocycles. The highest BCUT2D eigenvalue weighted by atomic mass is 79.9. The molecule has 1 amide bonds. The quantitative estimate of drug-likeness (QED) is 0.768. The lowest BCUT2D eigenvalue weighted by Gasteiger charge is -2.14. The van der Waals surface area contributed by atoms with Crippen molar-refractivity contribution in [1.82, 2.24) is 5.32 Å². The van der Waals surface area contributed by atoms with Gasteiger partial charge in [0.15, 0.2) is 0 Å². The van der Waals surface area contributed by atoms with E-state index >= 15 is 0 Å². The van der Waals surface area contributed by atoms with Crippen LogP contribution < -0.4 is 5.32 Å². The van der Waals surface area contributed by atoms with Gasteiger partial charge in [-0.2, -0.15) is 0 Å². The van der Waals surface area contributed by atoms with E-state index in [0.29, 0.717) is 12.3 Å². The summed E-state index contributed by atoms with van der Waals surface area (Å²) in [5.74, 6) is 0.694. The largest absolute Gasteiger partial charge is 0.356 e. The van der Waals surface area contributed by atoms with Crippen molar-refractivity contribution in [2.75, 3.05) is 11.9 Å². The fourth-order valence-electron chi connectivity index (χ4n) is 1.93. The van der Waals surface area contributed by atoms with Crippen molar-refractivity contribution >= 4 is 21.8 Å². The van der Waals surface area contributed by atoms with E-state index < -0.39 is 0 Å². The molecule has 1 aromatic rings. The van der Waals surface area contributed by atoms with E-state index in [0.717, 1.165) is 30.3 Å². The van der Waals surface area contributed by atoms with Crippen LogP contribution in [0.25, 0.3) is 0 Å². The van der Waals surface area contributed by atoms with Gasteiger partial charge in [0.2, 0.25) is 5.91 Å². The number of rotatable bonds is 7. The SMILES string of the molecule is CCC(CCBr)CNC(=O)Cc1cccc(C)c1. The minimum Gasteiger partial charge on any atom is -0.356 e. The molecule has 1 unspecified atom stereocenters. The number of nitrogens with one attached hydrogen (secondary N) is 1. The minimum atomic E-state index is 0.119. The predicted molar refractivity (Wildman–Crippen MR) is 80.1 cm³/mol. The Balaban J connectivity index is 2.37. The van der Waals surface area contributed by atoms with Crippen LogP contribution >= 0.6 is 15.9 Å². The molecule has 1 aromatic carbocycles. The Labute approximate surface area is 118 Å². The number of hydrogen-bond donors (Lipinski definition) is 1. The van der Waals surface area contributed by atoms with Gasteiger partial charge in [-0.3, -0.25) is 4.79 Å². The molecule has 0 aliphatic rings. The second-order valence-corrected chi connectivity index (χ2v) is 5.51. The summed E-state index contributed by atoms with van der Waals surface area (Å²) in [5, 5.41) is 4.03. The summed E-state index contributed by atoms with van der Waals surface area (Å²) in [7, 11) is 0. The molecule has 2 nitrogen and oxygen atoms in total. The number of amides is 1. The summed E-state index contributed by atoms with van der Waals surface area (Å²) >= 11 is 3.45. The Hall–Kier alpha value is -0.830. The summed E-state index contributed by atoms with van der Waals surface area (Å²) < 4.78 is 0. The van der Waals surface area contributed by atoms with Crippen LogP contribution in [0.2, 0.25) is 0 Å². The van der Waals surface area contributed by atoms with Gasteiger partial charge >= 0.3 is 0 Å². The Morgan fingerprint density at radius 2 is 2.22 bits per heavy atom. The average Bonchev–Trinajstić information content (AvgIpc) is 2.34. The lowest BCUT2D eigenvalue weighted by molar-refractivity contribution is -0.120. The van der Waals surface area contributed by atoms with E-state index in [1.807, 2.05) is 25.1 Å². The number of carbonyl (C=O) groups is 1. The Morgan fingerprint density at radius 3 is 2.83 bits per heavy atom. The first-order chi connectivity index (χ1) is 8.65. The second-order valence-electron chi connectivity index (χ2n) is 4.72. The molecule has 0 aliphatic heterocycles. The molecule has 0 fully saturated rings. The van der Waals surface area contributed by atoms with Gasteiger partial charge in [0, 0.05) is 11.9 Å². The van der Waals surface area contributed by atoms with Gasteiger partial charge in [-0.25, -0.2) is 0 Å². The maximum atomic E-state index is 11.8. The zero-order valence-electron chi connectivity index (χ0n) is 11.2.